The van der Waals surface area contributed by atoms with Gasteiger partial charge in [0, 0.05) is 13.6 Å². The normalized spacial score (nSPS) is 11.6. The van der Waals surface area contributed by atoms with Gasteiger partial charge in [0.2, 0.25) is 0 Å². The zero-order valence-electron chi connectivity index (χ0n) is 9.81. The zero-order chi connectivity index (χ0) is 13.8. The third-order valence-electron chi connectivity index (χ3n) is 2.70. The number of benzene rings is 2. The Morgan fingerprint density at radius 3 is 2.47 bits per heavy atom. The molecular formula is C15H9BrINO. The van der Waals surface area contributed by atoms with Gasteiger partial charge in [-0.2, -0.15) is 5.26 Å². The molecule has 0 saturated carbocycles. The van der Waals surface area contributed by atoms with Crippen molar-refractivity contribution in [2.75, 3.05) is 0 Å². The predicted octanol–water partition coefficient (Wildman–Crippen LogP) is 4.54. The fourth-order valence-corrected chi connectivity index (χ4v) is 2.53. The van der Waals surface area contributed by atoms with Crippen LogP contribution in [-0.2, 0) is 0 Å². The van der Waals surface area contributed by atoms with Gasteiger partial charge in [-0.1, -0.05) is 40.2 Å². The van der Waals surface area contributed by atoms with Gasteiger partial charge in [-0.25, -0.2) is 0 Å². The number of rotatable bonds is 3. The predicted molar refractivity (Wildman–Crippen MR) is 86.0 cm³/mol. The standard InChI is InChI=1S/C15H9BrINO/c16-12-3-1-2-11(8-12)14(9-18)15(19)10-4-6-13(17)7-5-10/h1-8,14H. The molecule has 0 aliphatic carbocycles. The maximum atomic E-state index is 12.4. The molecule has 2 rings (SSSR count). The Balaban J connectivity index is 2.35. The van der Waals surface area contributed by atoms with Gasteiger partial charge in [0.25, 0.3) is 0 Å². The smallest absolute Gasteiger partial charge is 0.184 e. The summed E-state index contributed by atoms with van der Waals surface area (Å²) in [6, 6.07) is 16.6. The van der Waals surface area contributed by atoms with Crippen molar-refractivity contribution in [1.29, 1.82) is 5.26 Å². The fourth-order valence-electron chi connectivity index (χ4n) is 1.75. The lowest BCUT2D eigenvalue weighted by Crippen LogP contribution is -2.11. The number of carbonyl (C=O) groups excluding carboxylic acids is 1. The van der Waals surface area contributed by atoms with Crippen LogP contribution in [0.15, 0.2) is 53.0 Å². The van der Waals surface area contributed by atoms with E-state index in [2.05, 4.69) is 44.6 Å². The Hall–Kier alpha value is -1.19. The van der Waals surface area contributed by atoms with Crippen LogP contribution in [0.5, 0.6) is 0 Å². The number of ketones is 1. The van der Waals surface area contributed by atoms with Crippen molar-refractivity contribution in [1.82, 2.24) is 0 Å². The van der Waals surface area contributed by atoms with E-state index in [1.54, 1.807) is 24.3 Å². The van der Waals surface area contributed by atoms with E-state index in [1.165, 1.54) is 0 Å². The number of halogens is 2. The topological polar surface area (TPSA) is 40.9 Å². The average molecular weight is 426 g/mol. The number of nitriles is 1. The van der Waals surface area contributed by atoms with E-state index in [-0.39, 0.29) is 5.78 Å². The first-order chi connectivity index (χ1) is 9.11. The summed E-state index contributed by atoms with van der Waals surface area (Å²) in [5, 5.41) is 9.27. The summed E-state index contributed by atoms with van der Waals surface area (Å²) in [4.78, 5) is 12.4. The van der Waals surface area contributed by atoms with Crippen LogP contribution in [0.2, 0.25) is 0 Å². The highest BCUT2D eigenvalue weighted by Crippen LogP contribution is 2.23. The van der Waals surface area contributed by atoms with Crippen molar-refractivity contribution in [3.63, 3.8) is 0 Å². The quantitative estimate of drug-likeness (QED) is 0.534. The van der Waals surface area contributed by atoms with E-state index in [1.807, 2.05) is 24.3 Å². The first-order valence-electron chi connectivity index (χ1n) is 5.56. The molecule has 2 aromatic rings. The molecule has 0 spiro atoms. The average Bonchev–Trinajstić information content (AvgIpc) is 2.40. The molecule has 0 fully saturated rings. The molecule has 0 heterocycles. The zero-order valence-corrected chi connectivity index (χ0v) is 13.6. The van der Waals surface area contributed by atoms with Crippen molar-refractivity contribution in [3.8, 4) is 6.07 Å². The monoisotopic (exact) mass is 425 g/mol. The molecule has 0 aliphatic rings. The molecule has 0 radical (unpaired) electrons. The Kier molecular flexibility index (Phi) is 4.72. The van der Waals surface area contributed by atoms with E-state index >= 15 is 0 Å². The van der Waals surface area contributed by atoms with Crippen LogP contribution in [0, 0.1) is 14.9 Å². The SMILES string of the molecule is N#CC(C(=O)c1ccc(I)cc1)c1cccc(Br)c1. The Morgan fingerprint density at radius 1 is 1.21 bits per heavy atom. The third-order valence-corrected chi connectivity index (χ3v) is 3.91. The maximum absolute atomic E-state index is 12.4. The minimum atomic E-state index is -0.766. The van der Waals surface area contributed by atoms with Crippen molar-refractivity contribution in [2.45, 2.75) is 5.92 Å². The van der Waals surface area contributed by atoms with Gasteiger partial charge in [-0.15, -0.1) is 0 Å². The molecule has 2 aromatic carbocycles. The van der Waals surface area contributed by atoms with Gasteiger partial charge in [0.1, 0.15) is 5.92 Å². The summed E-state index contributed by atoms with van der Waals surface area (Å²) in [6.45, 7) is 0. The number of hydrogen-bond donors (Lipinski definition) is 0. The Morgan fingerprint density at radius 2 is 1.89 bits per heavy atom. The van der Waals surface area contributed by atoms with Gasteiger partial charge in [0.05, 0.1) is 6.07 Å². The maximum Gasteiger partial charge on any atom is 0.184 e. The molecule has 0 N–H and O–H groups in total. The van der Waals surface area contributed by atoms with E-state index in [4.69, 9.17) is 0 Å². The van der Waals surface area contributed by atoms with Gasteiger partial charge in [0.15, 0.2) is 5.78 Å². The lowest BCUT2D eigenvalue weighted by molar-refractivity contribution is 0.0979. The summed E-state index contributed by atoms with van der Waals surface area (Å²) in [5.41, 5.74) is 1.27. The highest BCUT2D eigenvalue weighted by atomic mass is 127. The van der Waals surface area contributed by atoms with Gasteiger partial charge < -0.3 is 0 Å². The molecule has 94 valence electrons. The van der Waals surface area contributed by atoms with E-state index in [0.29, 0.717) is 11.1 Å². The Labute approximate surface area is 133 Å². The number of nitrogens with zero attached hydrogens (tertiary/aromatic N) is 1. The first-order valence-corrected chi connectivity index (χ1v) is 7.44. The molecule has 2 nitrogen and oxygen atoms in total. The molecule has 0 aromatic heterocycles. The van der Waals surface area contributed by atoms with Crippen LogP contribution in [0.25, 0.3) is 0 Å². The van der Waals surface area contributed by atoms with E-state index in [0.717, 1.165) is 8.04 Å². The second-order valence-corrected chi connectivity index (χ2v) is 6.15. The molecule has 1 atom stereocenters. The molecule has 0 amide bonds. The summed E-state index contributed by atoms with van der Waals surface area (Å²) in [7, 11) is 0. The van der Waals surface area contributed by atoms with Crippen LogP contribution >= 0.6 is 38.5 Å². The van der Waals surface area contributed by atoms with Gasteiger partial charge in [-0.05, 0) is 52.4 Å². The van der Waals surface area contributed by atoms with Gasteiger partial charge in [-0.3, -0.25) is 4.79 Å². The minimum absolute atomic E-state index is 0.169. The van der Waals surface area contributed by atoms with Crippen molar-refractivity contribution in [2.24, 2.45) is 0 Å². The molecule has 1 unspecified atom stereocenters. The fraction of sp³-hybridized carbons (Fsp3) is 0.0667. The van der Waals surface area contributed by atoms with Crippen LogP contribution in [-0.4, -0.2) is 5.78 Å². The van der Waals surface area contributed by atoms with Crippen molar-refractivity contribution >= 4 is 44.3 Å². The van der Waals surface area contributed by atoms with E-state index < -0.39 is 5.92 Å². The second kappa shape index (κ2) is 6.31. The van der Waals surface area contributed by atoms with Gasteiger partial charge >= 0.3 is 0 Å². The number of Topliss-reactive ketones (excluding diaryl/α,β-unsaturated/α-hetero) is 1. The molecule has 0 aliphatic heterocycles. The van der Waals surface area contributed by atoms with Crippen molar-refractivity contribution < 1.29 is 4.79 Å². The van der Waals surface area contributed by atoms with Crippen LogP contribution in [0.3, 0.4) is 0 Å². The lowest BCUT2D eigenvalue weighted by Gasteiger charge is -2.09. The summed E-state index contributed by atoms with van der Waals surface area (Å²) < 4.78 is 1.92. The van der Waals surface area contributed by atoms with E-state index in [9.17, 15) is 10.1 Å². The molecule has 19 heavy (non-hydrogen) atoms. The third kappa shape index (κ3) is 3.43. The van der Waals surface area contributed by atoms with Crippen LogP contribution in [0.1, 0.15) is 21.8 Å². The lowest BCUT2D eigenvalue weighted by atomic mass is 9.92. The number of carbonyl (C=O) groups is 1. The summed E-state index contributed by atoms with van der Waals surface area (Å²) in [6.07, 6.45) is 0. The molecule has 0 bridgehead atoms. The molecule has 4 heteroatoms. The van der Waals surface area contributed by atoms with Crippen LogP contribution < -0.4 is 0 Å². The minimum Gasteiger partial charge on any atom is -0.292 e. The highest BCUT2D eigenvalue weighted by molar-refractivity contribution is 14.1. The van der Waals surface area contributed by atoms with Crippen LogP contribution in [0.4, 0.5) is 0 Å². The molecular weight excluding hydrogens is 417 g/mol. The first kappa shape index (κ1) is 14.2. The summed E-state index contributed by atoms with van der Waals surface area (Å²) in [5.74, 6) is -0.936. The summed E-state index contributed by atoms with van der Waals surface area (Å²) >= 11 is 5.53. The largest absolute Gasteiger partial charge is 0.292 e. The number of hydrogen-bond acceptors (Lipinski definition) is 2. The second-order valence-electron chi connectivity index (χ2n) is 3.99. The van der Waals surface area contributed by atoms with Crippen molar-refractivity contribution in [3.05, 3.63) is 67.7 Å². The molecule has 0 saturated heterocycles. The Bertz CT molecular complexity index is 646. The highest BCUT2D eigenvalue weighted by Gasteiger charge is 2.21.